The van der Waals surface area contributed by atoms with Gasteiger partial charge >= 0.3 is 0 Å². The molecular formula is C12H28N2. The molecule has 14 heavy (non-hydrogen) atoms. The molecule has 86 valence electrons. The molecule has 0 aromatic rings. The molecule has 0 saturated heterocycles. The van der Waals surface area contributed by atoms with Gasteiger partial charge < -0.3 is 10.6 Å². The number of rotatable bonds is 6. The van der Waals surface area contributed by atoms with Crippen LogP contribution in [0, 0.1) is 11.8 Å². The van der Waals surface area contributed by atoms with Gasteiger partial charge in [0.05, 0.1) is 0 Å². The predicted molar refractivity (Wildman–Crippen MR) is 64.4 cm³/mol. The first-order chi connectivity index (χ1) is 6.40. The Bertz CT molecular complexity index is 145. The zero-order valence-electron chi connectivity index (χ0n) is 10.7. The molecule has 0 fully saturated rings. The number of hydrogen-bond donors (Lipinski definition) is 1. The molecule has 0 aliphatic rings. The molecule has 0 radical (unpaired) electrons. The van der Waals surface area contributed by atoms with Crippen LogP contribution in [-0.2, 0) is 0 Å². The Morgan fingerprint density at radius 2 is 1.57 bits per heavy atom. The number of hydrogen-bond acceptors (Lipinski definition) is 2. The van der Waals surface area contributed by atoms with Gasteiger partial charge in [-0.2, -0.15) is 0 Å². The molecule has 0 heterocycles. The minimum atomic E-state index is 0.578. The average molecular weight is 200 g/mol. The average Bonchev–Trinajstić information content (AvgIpc) is 2.13. The molecule has 0 aliphatic carbocycles. The molecule has 0 aromatic carbocycles. The van der Waals surface area contributed by atoms with Gasteiger partial charge in [0.15, 0.2) is 0 Å². The van der Waals surface area contributed by atoms with Crippen molar-refractivity contribution in [3.05, 3.63) is 0 Å². The summed E-state index contributed by atoms with van der Waals surface area (Å²) in [7, 11) is 2.21. The van der Waals surface area contributed by atoms with Crippen LogP contribution in [0.3, 0.4) is 0 Å². The lowest BCUT2D eigenvalue weighted by Crippen LogP contribution is -2.43. The summed E-state index contributed by atoms with van der Waals surface area (Å²) in [4.78, 5) is 2.46. The highest BCUT2D eigenvalue weighted by Crippen LogP contribution is 2.16. The van der Waals surface area contributed by atoms with Crippen LogP contribution in [-0.4, -0.2) is 30.6 Å². The van der Waals surface area contributed by atoms with Gasteiger partial charge in [-0.25, -0.2) is 0 Å². The largest absolute Gasteiger partial charge is 0.330 e. The molecule has 0 spiro atoms. The third-order valence-electron chi connectivity index (χ3n) is 3.35. The van der Waals surface area contributed by atoms with E-state index in [0.717, 1.165) is 12.5 Å². The predicted octanol–water partition coefficient (Wildman–Crippen LogP) is 2.34. The van der Waals surface area contributed by atoms with Gasteiger partial charge in [-0.05, 0) is 45.7 Å². The summed E-state index contributed by atoms with van der Waals surface area (Å²) in [6.07, 6.45) is 1.26. The molecule has 0 bridgehead atoms. The molecule has 0 saturated carbocycles. The van der Waals surface area contributed by atoms with E-state index in [4.69, 9.17) is 5.73 Å². The Balaban J connectivity index is 4.09. The standard InChI is InChI=1S/C12H28N2/c1-9(2)7-11(4)14(6)12(5)10(3)8-13/h9-12H,7-8,13H2,1-6H3. The van der Waals surface area contributed by atoms with Crippen molar-refractivity contribution < 1.29 is 0 Å². The maximum Gasteiger partial charge on any atom is 0.0104 e. The second-order valence-corrected chi connectivity index (χ2v) is 5.10. The van der Waals surface area contributed by atoms with Gasteiger partial charge in [0, 0.05) is 12.1 Å². The molecule has 2 N–H and O–H groups in total. The number of nitrogens with zero attached hydrogens (tertiary/aromatic N) is 1. The molecule has 3 unspecified atom stereocenters. The highest BCUT2D eigenvalue weighted by molar-refractivity contribution is 4.75. The Kier molecular flexibility index (Phi) is 6.38. The molecule has 3 atom stereocenters. The van der Waals surface area contributed by atoms with E-state index in [9.17, 15) is 0 Å². The van der Waals surface area contributed by atoms with Crippen LogP contribution in [0.5, 0.6) is 0 Å². The van der Waals surface area contributed by atoms with Crippen LogP contribution >= 0.6 is 0 Å². The summed E-state index contributed by atoms with van der Waals surface area (Å²) >= 11 is 0. The summed E-state index contributed by atoms with van der Waals surface area (Å²) in [5.41, 5.74) is 5.69. The second-order valence-electron chi connectivity index (χ2n) is 5.10. The first kappa shape index (κ1) is 13.9. The van der Waals surface area contributed by atoms with Crippen LogP contribution in [0.1, 0.15) is 41.0 Å². The minimum absolute atomic E-state index is 0.578. The summed E-state index contributed by atoms with van der Waals surface area (Å²) < 4.78 is 0. The fourth-order valence-corrected chi connectivity index (χ4v) is 1.85. The lowest BCUT2D eigenvalue weighted by Gasteiger charge is -2.35. The molecule has 0 rings (SSSR count). The van der Waals surface area contributed by atoms with Gasteiger partial charge in [-0.3, -0.25) is 0 Å². The van der Waals surface area contributed by atoms with E-state index >= 15 is 0 Å². The normalized spacial score (nSPS) is 18.6. The van der Waals surface area contributed by atoms with E-state index < -0.39 is 0 Å². The maximum absolute atomic E-state index is 5.69. The van der Waals surface area contributed by atoms with E-state index in [1.54, 1.807) is 0 Å². The second kappa shape index (κ2) is 6.41. The quantitative estimate of drug-likeness (QED) is 0.713. The Morgan fingerprint density at radius 3 is 1.93 bits per heavy atom. The van der Waals surface area contributed by atoms with Crippen molar-refractivity contribution in [3.8, 4) is 0 Å². The molecular weight excluding hydrogens is 172 g/mol. The van der Waals surface area contributed by atoms with Crippen molar-refractivity contribution in [2.24, 2.45) is 17.6 Å². The monoisotopic (exact) mass is 200 g/mol. The highest BCUT2D eigenvalue weighted by Gasteiger charge is 2.20. The lowest BCUT2D eigenvalue weighted by atomic mass is 9.98. The molecule has 0 amide bonds. The van der Waals surface area contributed by atoms with Crippen molar-refractivity contribution in [1.82, 2.24) is 4.90 Å². The van der Waals surface area contributed by atoms with Crippen molar-refractivity contribution in [2.75, 3.05) is 13.6 Å². The van der Waals surface area contributed by atoms with Crippen molar-refractivity contribution in [1.29, 1.82) is 0 Å². The summed E-state index contributed by atoms with van der Waals surface area (Å²) in [5.74, 6) is 1.35. The van der Waals surface area contributed by atoms with E-state index in [-0.39, 0.29) is 0 Å². The Labute approximate surface area is 89.9 Å². The van der Waals surface area contributed by atoms with Gasteiger partial charge in [0.25, 0.3) is 0 Å². The van der Waals surface area contributed by atoms with E-state index in [2.05, 4.69) is 46.6 Å². The minimum Gasteiger partial charge on any atom is -0.330 e. The highest BCUT2D eigenvalue weighted by atomic mass is 15.2. The van der Waals surface area contributed by atoms with Crippen LogP contribution < -0.4 is 5.73 Å². The van der Waals surface area contributed by atoms with Crippen molar-refractivity contribution >= 4 is 0 Å². The Hall–Kier alpha value is -0.0800. The molecule has 0 aromatic heterocycles. The summed E-state index contributed by atoms with van der Waals surface area (Å²) in [5, 5.41) is 0. The van der Waals surface area contributed by atoms with Crippen molar-refractivity contribution in [2.45, 2.75) is 53.1 Å². The Morgan fingerprint density at radius 1 is 1.07 bits per heavy atom. The van der Waals surface area contributed by atoms with Gasteiger partial charge in [-0.1, -0.05) is 20.8 Å². The van der Waals surface area contributed by atoms with E-state index in [1.807, 2.05) is 0 Å². The summed E-state index contributed by atoms with van der Waals surface area (Å²) in [6, 6.07) is 1.23. The SMILES string of the molecule is CC(C)CC(C)N(C)C(C)C(C)CN. The fourth-order valence-electron chi connectivity index (χ4n) is 1.85. The van der Waals surface area contributed by atoms with Crippen LogP contribution in [0.4, 0.5) is 0 Å². The number of nitrogens with two attached hydrogens (primary N) is 1. The van der Waals surface area contributed by atoms with E-state index in [1.165, 1.54) is 6.42 Å². The van der Waals surface area contributed by atoms with E-state index in [0.29, 0.717) is 18.0 Å². The molecule has 2 heteroatoms. The smallest absolute Gasteiger partial charge is 0.0104 e. The van der Waals surface area contributed by atoms with Gasteiger partial charge in [0.2, 0.25) is 0 Å². The third kappa shape index (κ3) is 4.43. The van der Waals surface area contributed by atoms with Crippen LogP contribution in [0.2, 0.25) is 0 Å². The lowest BCUT2D eigenvalue weighted by molar-refractivity contribution is 0.138. The third-order valence-corrected chi connectivity index (χ3v) is 3.35. The molecule has 0 aliphatic heterocycles. The molecule has 2 nitrogen and oxygen atoms in total. The van der Waals surface area contributed by atoms with Crippen LogP contribution in [0.15, 0.2) is 0 Å². The first-order valence-electron chi connectivity index (χ1n) is 5.82. The van der Waals surface area contributed by atoms with Gasteiger partial charge in [0.1, 0.15) is 0 Å². The van der Waals surface area contributed by atoms with Gasteiger partial charge in [-0.15, -0.1) is 0 Å². The van der Waals surface area contributed by atoms with Crippen LogP contribution in [0.25, 0.3) is 0 Å². The first-order valence-corrected chi connectivity index (χ1v) is 5.82. The zero-order valence-corrected chi connectivity index (χ0v) is 10.7. The summed E-state index contributed by atoms with van der Waals surface area (Å²) in [6.45, 7) is 12.1. The fraction of sp³-hybridized carbons (Fsp3) is 1.00. The maximum atomic E-state index is 5.69. The topological polar surface area (TPSA) is 29.3 Å². The zero-order chi connectivity index (χ0) is 11.3. The van der Waals surface area contributed by atoms with Crippen molar-refractivity contribution in [3.63, 3.8) is 0 Å².